The first-order chi connectivity index (χ1) is 16.5. The number of nitrogens with zero attached hydrogens (tertiary/aromatic N) is 2. The van der Waals surface area contributed by atoms with Gasteiger partial charge < -0.3 is 15.0 Å². The molecule has 35 heavy (non-hydrogen) atoms. The number of ether oxygens (including phenoxy) is 1. The van der Waals surface area contributed by atoms with Crippen LogP contribution in [0.3, 0.4) is 0 Å². The van der Waals surface area contributed by atoms with E-state index in [1.54, 1.807) is 38.3 Å². The number of carbonyl (C=O) groups excluding carboxylic acids is 2. The Kier molecular flexibility index (Phi) is 10.1. The molecule has 0 aliphatic rings. The molecule has 0 heterocycles. The highest BCUT2D eigenvalue weighted by Crippen LogP contribution is 2.23. The van der Waals surface area contributed by atoms with Gasteiger partial charge in [-0.05, 0) is 49.6 Å². The molecule has 8 nitrogen and oxygen atoms in total. The molecule has 0 saturated carbocycles. The van der Waals surface area contributed by atoms with Gasteiger partial charge in [0.2, 0.25) is 21.8 Å². The van der Waals surface area contributed by atoms with Gasteiger partial charge >= 0.3 is 0 Å². The monoisotopic (exact) mass is 507 g/mol. The van der Waals surface area contributed by atoms with Crippen molar-refractivity contribution in [1.82, 2.24) is 10.2 Å². The molecule has 2 aromatic carbocycles. The third-order valence-electron chi connectivity index (χ3n) is 5.70. The zero-order chi connectivity index (χ0) is 26.2. The van der Waals surface area contributed by atoms with Gasteiger partial charge in [0, 0.05) is 12.6 Å². The van der Waals surface area contributed by atoms with E-state index in [1.807, 2.05) is 13.8 Å². The molecule has 2 rings (SSSR count). The van der Waals surface area contributed by atoms with Gasteiger partial charge in [-0.25, -0.2) is 12.8 Å². The van der Waals surface area contributed by atoms with Crippen molar-refractivity contribution in [3.05, 3.63) is 59.9 Å². The van der Waals surface area contributed by atoms with Crippen LogP contribution >= 0.6 is 0 Å². The minimum absolute atomic E-state index is 0.0597. The van der Waals surface area contributed by atoms with Gasteiger partial charge in [-0.3, -0.25) is 13.9 Å². The predicted octanol–water partition coefficient (Wildman–Crippen LogP) is 3.32. The fourth-order valence-electron chi connectivity index (χ4n) is 3.54. The van der Waals surface area contributed by atoms with Crippen molar-refractivity contribution in [2.75, 3.05) is 24.2 Å². The van der Waals surface area contributed by atoms with Crippen molar-refractivity contribution in [2.45, 2.75) is 52.2 Å². The summed E-state index contributed by atoms with van der Waals surface area (Å²) in [7, 11) is -2.46. The maximum Gasteiger partial charge on any atom is 0.244 e. The number of halogens is 1. The molecule has 10 heteroatoms. The second-order valence-electron chi connectivity index (χ2n) is 8.33. The van der Waals surface area contributed by atoms with Gasteiger partial charge in [-0.1, -0.05) is 38.1 Å². The van der Waals surface area contributed by atoms with E-state index in [0.717, 1.165) is 22.2 Å². The highest BCUT2D eigenvalue weighted by molar-refractivity contribution is 7.92. The van der Waals surface area contributed by atoms with Crippen LogP contribution in [0.5, 0.6) is 5.75 Å². The first-order valence-corrected chi connectivity index (χ1v) is 13.3. The van der Waals surface area contributed by atoms with Gasteiger partial charge in [-0.2, -0.15) is 0 Å². The molecule has 2 amide bonds. The Labute approximate surface area is 207 Å². The van der Waals surface area contributed by atoms with Crippen LogP contribution in [0.1, 0.15) is 39.2 Å². The summed E-state index contributed by atoms with van der Waals surface area (Å²) < 4.78 is 45.4. The van der Waals surface area contributed by atoms with E-state index < -0.39 is 34.3 Å². The van der Waals surface area contributed by atoms with Gasteiger partial charge in [0.25, 0.3) is 0 Å². The van der Waals surface area contributed by atoms with Crippen molar-refractivity contribution in [2.24, 2.45) is 0 Å². The number of carbonyl (C=O) groups is 2. The lowest BCUT2D eigenvalue weighted by Gasteiger charge is -2.33. The molecule has 2 atom stereocenters. The average Bonchev–Trinajstić information content (AvgIpc) is 2.82. The summed E-state index contributed by atoms with van der Waals surface area (Å²) in [4.78, 5) is 28.0. The number of anilines is 1. The Hall–Kier alpha value is -3.14. The molecule has 192 valence electrons. The van der Waals surface area contributed by atoms with Crippen LogP contribution in [-0.2, 0) is 26.2 Å². The van der Waals surface area contributed by atoms with Gasteiger partial charge in [0.1, 0.15) is 24.2 Å². The number of rotatable bonds is 12. The minimum atomic E-state index is -4.00. The first-order valence-electron chi connectivity index (χ1n) is 11.5. The number of amides is 2. The third-order valence-corrected chi connectivity index (χ3v) is 6.83. The van der Waals surface area contributed by atoms with Crippen molar-refractivity contribution in [3.8, 4) is 5.75 Å². The molecule has 0 aliphatic carbocycles. The third kappa shape index (κ3) is 7.68. The van der Waals surface area contributed by atoms with Crippen LogP contribution in [-0.4, -0.2) is 57.1 Å². The number of hydrogen-bond donors (Lipinski definition) is 1. The number of hydrogen-bond acceptors (Lipinski definition) is 5. The van der Waals surface area contributed by atoms with E-state index in [9.17, 15) is 22.4 Å². The topological polar surface area (TPSA) is 96.0 Å². The zero-order valence-corrected chi connectivity index (χ0v) is 21.6. The first kappa shape index (κ1) is 28.1. The quantitative estimate of drug-likeness (QED) is 0.476. The fourth-order valence-corrected chi connectivity index (χ4v) is 4.39. The van der Waals surface area contributed by atoms with E-state index in [4.69, 9.17) is 4.74 Å². The summed E-state index contributed by atoms with van der Waals surface area (Å²) >= 11 is 0. The summed E-state index contributed by atoms with van der Waals surface area (Å²) in [6.45, 7) is 4.99. The normalized spacial score (nSPS) is 13.0. The number of benzene rings is 2. The molecule has 0 fully saturated rings. The van der Waals surface area contributed by atoms with Crippen LogP contribution < -0.4 is 14.4 Å². The minimum Gasteiger partial charge on any atom is -0.497 e. The van der Waals surface area contributed by atoms with Crippen LogP contribution in [0.4, 0.5) is 10.1 Å². The van der Waals surface area contributed by atoms with Crippen molar-refractivity contribution >= 4 is 27.5 Å². The fraction of sp³-hybridized carbons (Fsp3) is 0.440. The van der Waals surface area contributed by atoms with Crippen molar-refractivity contribution in [3.63, 3.8) is 0 Å². The lowest BCUT2D eigenvalue weighted by atomic mass is 10.1. The number of nitrogens with one attached hydrogen (secondary N) is 1. The molecule has 2 aromatic rings. The Morgan fingerprint density at radius 1 is 1.06 bits per heavy atom. The number of para-hydroxylation sites is 1. The van der Waals surface area contributed by atoms with Crippen LogP contribution in [0.15, 0.2) is 48.5 Å². The molecule has 0 radical (unpaired) electrons. The van der Waals surface area contributed by atoms with Crippen LogP contribution in [0.25, 0.3) is 0 Å². The molecule has 0 bridgehead atoms. The van der Waals surface area contributed by atoms with E-state index >= 15 is 0 Å². The molecule has 0 aromatic heterocycles. The largest absolute Gasteiger partial charge is 0.497 e. The lowest BCUT2D eigenvalue weighted by molar-refractivity contribution is -0.140. The van der Waals surface area contributed by atoms with E-state index in [0.29, 0.717) is 18.6 Å². The summed E-state index contributed by atoms with van der Waals surface area (Å²) in [6.07, 6.45) is 1.93. The van der Waals surface area contributed by atoms with Crippen molar-refractivity contribution in [1.29, 1.82) is 0 Å². The van der Waals surface area contributed by atoms with Gasteiger partial charge in [-0.15, -0.1) is 0 Å². The summed E-state index contributed by atoms with van der Waals surface area (Å²) in [5.41, 5.74) is 0.496. The van der Waals surface area contributed by atoms with E-state index in [1.165, 1.54) is 23.1 Å². The van der Waals surface area contributed by atoms with Gasteiger partial charge in [0.05, 0.1) is 19.1 Å². The molecule has 0 unspecified atom stereocenters. The highest BCUT2D eigenvalue weighted by Gasteiger charge is 2.32. The second-order valence-corrected chi connectivity index (χ2v) is 10.2. The standard InChI is InChI=1S/C25H34FN3O5S/c1-6-18(3)27-25(31)22(7-2)28(16-19-12-14-20(34-4)15-13-19)24(30)17-29(35(5,32)33)23-11-9-8-10-21(23)26/h8-15,18,22H,6-7,16-17H2,1-5H3,(H,27,31)/t18-,22+/m0/s1. The molecule has 0 spiro atoms. The molecule has 0 aliphatic heterocycles. The Morgan fingerprint density at radius 2 is 1.69 bits per heavy atom. The maximum absolute atomic E-state index is 14.5. The summed E-state index contributed by atoms with van der Waals surface area (Å²) in [6, 6.07) is 11.4. The predicted molar refractivity (Wildman–Crippen MR) is 134 cm³/mol. The Morgan fingerprint density at radius 3 is 2.20 bits per heavy atom. The second kappa shape index (κ2) is 12.5. The van der Waals surface area contributed by atoms with Crippen LogP contribution in [0, 0.1) is 5.82 Å². The summed E-state index contributed by atoms with van der Waals surface area (Å²) in [5.74, 6) is -1.09. The smallest absolute Gasteiger partial charge is 0.244 e. The molecular formula is C25H34FN3O5S. The molecule has 0 saturated heterocycles. The molecular weight excluding hydrogens is 473 g/mol. The SMILES string of the molecule is CC[C@H](C(=O)N[C@@H](C)CC)N(Cc1ccc(OC)cc1)C(=O)CN(c1ccccc1F)S(C)(=O)=O. The van der Waals surface area contributed by atoms with Crippen LogP contribution in [0.2, 0.25) is 0 Å². The van der Waals surface area contributed by atoms with E-state index in [-0.39, 0.29) is 24.2 Å². The molecule has 1 N–H and O–H groups in total. The Balaban J connectivity index is 2.44. The number of methoxy groups -OCH3 is 1. The van der Waals surface area contributed by atoms with Crippen molar-refractivity contribution < 1.29 is 27.1 Å². The lowest BCUT2D eigenvalue weighted by Crippen LogP contribution is -2.53. The average molecular weight is 508 g/mol. The van der Waals surface area contributed by atoms with E-state index in [2.05, 4.69) is 5.32 Å². The summed E-state index contributed by atoms with van der Waals surface area (Å²) in [5, 5.41) is 2.90. The zero-order valence-electron chi connectivity index (χ0n) is 20.8. The maximum atomic E-state index is 14.5. The Bertz CT molecular complexity index is 1110. The highest BCUT2D eigenvalue weighted by atomic mass is 32.2. The number of sulfonamides is 1. The van der Waals surface area contributed by atoms with Gasteiger partial charge in [0.15, 0.2) is 0 Å².